The molecule has 0 atom stereocenters. The number of aryl methyl sites for hydroxylation is 1. The topological polar surface area (TPSA) is 172 Å². The van der Waals surface area contributed by atoms with Crippen molar-refractivity contribution in [1.82, 2.24) is 5.43 Å². The van der Waals surface area contributed by atoms with Gasteiger partial charge in [-0.2, -0.15) is 18.7 Å². The first-order valence-electron chi connectivity index (χ1n) is 9.58. The SMILES string of the molecule is Cc1cc([N+](=O)[O-])ccc1N1NC(c2ccccc2S(=O)(=O)O)=NN1c1ccc([N+](=O)[O-])cc1. The summed E-state index contributed by atoms with van der Waals surface area (Å²) in [6, 6.07) is 15.2. The van der Waals surface area contributed by atoms with Crippen molar-refractivity contribution in [3.63, 3.8) is 0 Å². The molecule has 14 heteroatoms. The molecule has 0 bridgehead atoms. The van der Waals surface area contributed by atoms with Crippen LogP contribution in [0.15, 0.2) is 76.7 Å². The number of rotatable bonds is 6. The van der Waals surface area contributed by atoms with Gasteiger partial charge < -0.3 is 0 Å². The van der Waals surface area contributed by atoms with Gasteiger partial charge in [-0.25, -0.2) is 0 Å². The molecule has 0 saturated heterocycles. The van der Waals surface area contributed by atoms with E-state index in [1.54, 1.807) is 13.0 Å². The number of non-ortho nitro benzene ring substituents is 2. The van der Waals surface area contributed by atoms with Gasteiger partial charge in [0.2, 0.25) is 0 Å². The summed E-state index contributed by atoms with van der Waals surface area (Å²) in [5, 5.41) is 29.3. The van der Waals surface area contributed by atoms with Gasteiger partial charge in [0.1, 0.15) is 4.90 Å². The van der Waals surface area contributed by atoms with Crippen LogP contribution >= 0.6 is 0 Å². The van der Waals surface area contributed by atoms with E-state index in [4.69, 9.17) is 0 Å². The fraction of sp³-hybridized carbons (Fsp3) is 0.0500. The maximum absolute atomic E-state index is 11.9. The summed E-state index contributed by atoms with van der Waals surface area (Å²) < 4.78 is 33.4. The van der Waals surface area contributed by atoms with Gasteiger partial charge in [-0.3, -0.25) is 30.2 Å². The van der Waals surface area contributed by atoms with Gasteiger partial charge in [-0.1, -0.05) is 12.1 Å². The Kier molecular flexibility index (Phi) is 5.60. The highest BCUT2D eigenvalue weighted by Gasteiger charge is 2.31. The molecule has 0 aliphatic carbocycles. The second-order valence-corrected chi connectivity index (χ2v) is 8.52. The summed E-state index contributed by atoms with van der Waals surface area (Å²) in [7, 11) is -4.58. The summed E-state index contributed by atoms with van der Waals surface area (Å²) in [6.07, 6.45) is 0. The van der Waals surface area contributed by atoms with E-state index in [1.807, 2.05) is 0 Å². The number of hydrazone groups is 1. The van der Waals surface area contributed by atoms with E-state index in [0.717, 1.165) is 0 Å². The Balaban J connectivity index is 1.84. The van der Waals surface area contributed by atoms with Crippen molar-refractivity contribution in [3.8, 4) is 0 Å². The van der Waals surface area contributed by atoms with Gasteiger partial charge in [0.25, 0.3) is 21.5 Å². The van der Waals surface area contributed by atoms with Crippen molar-refractivity contribution in [2.75, 3.05) is 10.2 Å². The van der Waals surface area contributed by atoms with Crippen LogP contribution < -0.4 is 15.7 Å². The van der Waals surface area contributed by atoms with Crippen LogP contribution in [0.3, 0.4) is 0 Å². The quantitative estimate of drug-likeness (QED) is 0.301. The largest absolute Gasteiger partial charge is 0.295 e. The smallest absolute Gasteiger partial charge is 0.282 e. The van der Waals surface area contributed by atoms with Gasteiger partial charge in [-0.05, 0) is 42.8 Å². The van der Waals surface area contributed by atoms with Crippen LogP contribution in [0.25, 0.3) is 0 Å². The molecule has 3 aromatic carbocycles. The van der Waals surface area contributed by atoms with E-state index < -0.39 is 20.0 Å². The van der Waals surface area contributed by atoms with Crippen LogP contribution in [0.2, 0.25) is 0 Å². The minimum Gasteiger partial charge on any atom is -0.282 e. The third kappa shape index (κ3) is 4.22. The summed E-state index contributed by atoms with van der Waals surface area (Å²) in [5.41, 5.74) is 4.04. The standard InChI is InChI=1S/C20H16N6O7S/c1-13-12-16(26(29)30)10-11-18(13)24-22-20(17-4-2-3-5-19(17)34(31,32)33)21-23(24)14-6-8-15(9-7-14)25(27)28/h2-12H,1H3,(H,21,22)(H,31,32,33). The van der Waals surface area contributed by atoms with Crippen molar-refractivity contribution in [1.29, 1.82) is 0 Å². The number of nitrogens with one attached hydrogen (secondary N) is 1. The number of nitro groups is 2. The third-order valence-corrected chi connectivity index (χ3v) is 5.84. The number of nitro benzene ring substituents is 2. The van der Waals surface area contributed by atoms with E-state index in [0.29, 0.717) is 16.9 Å². The van der Waals surface area contributed by atoms with Crippen molar-refractivity contribution in [2.24, 2.45) is 5.10 Å². The number of amidine groups is 1. The maximum atomic E-state index is 11.9. The molecule has 2 N–H and O–H groups in total. The molecule has 0 saturated carbocycles. The highest BCUT2D eigenvalue weighted by Crippen LogP contribution is 2.31. The second kappa shape index (κ2) is 8.42. The van der Waals surface area contributed by atoms with E-state index >= 15 is 0 Å². The molecule has 0 amide bonds. The molecule has 1 aliphatic rings. The lowest BCUT2D eigenvalue weighted by Crippen LogP contribution is -2.45. The fourth-order valence-corrected chi connectivity index (χ4v) is 4.04. The number of hydrogen-bond donors (Lipinski definition) is 2. The molecule has 0 fully saturated rings. The zero-order valence-corrected chi connectivity index (χ0v) is 18.2. The number of nitrogens with zero attached hydrogens (tertiary/aromatic N) is 5. The molecule has 3 aromatic rings. The van der Waals surface area contributed by atoms with E-state index in [1.165, 1.54) is 70.9 Å². The molecule has 0 spiro atoms. The highest BCUT2D eigenvalue weighted by atomic mass is 32.2. The Hall–Kier alpha value is -4.56. The normalized spacial score (nSPS) is 13.4. The molecule has 13 nitrogen and oxygen atoms in total. The molecule has 0 aromatic heterocycles. The van der Waals surface area contributed by atoms with E-state index in [-0.39, 0.29) is 27.7 Å². The van der Waals surface area contributed by atoms with Crippen LogP contribution in [-0.4, -0.2) is 28.7 Å². The Morgan fingerprint density at radius 1 is 0.941 bits per heavy atom. The molecule has 174 valence electrons. The molecule has 0 unspecified atom stereocenters. The fourth-order valence-electron chi connectivity index (χ4n) is 3.34. The minimum atomic E-state index is -4.58. The first-order chi connectivity index (χ1) is 16.1. The van der Waals surface area contributed by atoms with Gasteiger partial charge in [-0.15, -0.1) is 5.10 Å². The zero-order chi connectivity index (χ0) is 24.6. The number of hydrogen-bond acceptors (Lipinski definition) is 10. The van der Waals surface area contributed by atoms with Crippen molar-refractivity contribution >= 4 is 38.7 Å². The van der Waals surface area contributed by atoms with Crippen LogP contribution in [-0.2, 0) is 10.1 Å². The second-order valence-electron chi connectivity index (χ2n) is 7.13. The average Bonchev–Trinajstić information content (AvgIpc) is 3.23. The summed E-state index contributed by atoms with van der Waals surface area (Å²) >= 11 is 0. The van der Waals surface area contributed by atoms with Crippen molar-refractivity contribution < 1.29 is 22.8 Å². The number of benzene rings is 3. The van der Waals surface area contributed by atoms with Gasteiger partial charge in [0.05, 0.1) is 21.2 Å². The van der Waals surface area contributed by atoms with Crippen LogP contribution in [0, 0.1) is 27.2 Å². The predicted molar refractivity (Wildman–Crippen MR) is 122 cm³/mol. The molecule has 4 rings (SSSR count). The Labute approximate surface area is 192 Å². The van der Waals surface area contributed by atoms with Gasteiger partial charge >= 0.3 is 0 Å². The van der Waals surface area contributed by atoms with E-state index in [2.05, 4.69) is 10.5 Å². The summed E-state index contributed by atoms with van der Waals surface area (Å²) in [5.74, 6) is 0.0457. The van der Waals surface area contributed by atoms with Crippen LogP contribution in [0.4, 0.5) is 22.7 Å². The summed E-state index contributed by atoms with van der Waals surface area (Å²) in [4.78, 5) is 20.7. The molecule has 0 radical (unpaired) electrons. The first-order valence-corrected chi connectivity index (χ1v) is 11.0. The lowest BCUT2D eigenvalue weighted by molar-refractivity contribution is -0.385. The van der Waals surface area contributed by atoms with Gasteiger partial charge in [0.15, 0.2) is 5.84 Å². The molecular formula is C20H16N6O7S. The lowest BCUT2D eigenvalue weighted by atomic mass is 10.2. The molecule has 34 heavy (non-hydrogen) atoms. The van der Waals surface area contributed by atoms with Crippen LogP contribution in [0.1, 0.15) is 11.1 Å². The Bertz CT molecular complexity index is 1440. The van der Waals surface area contributed by atoms with E-state index in [9.17, 15) is 33.2 Å². The zero-order valence-electron chi connectivity index (χ0n) is 17.4. The minimum absolute atomic E-state index is 0.0457. The first kappa shape index (κ1) is 22.6. The van der Waals surface area contributed by atoms with Crippen LogP contribution in [0.5, 0.6) is 0 Å². The van der Waals surface area contributed by atoms with Crippen molar-refractivity contribution in [3.05, 3.63) is 98.1 Å². The maximum Gasteiger partial charge on any atom is 0.295 e. The molecule has 1 aliphatic heterocycles. The summed E-state index contributed by atoms with van der Waals surface area (Å²) in [6.45, 7) is 1.64. The molecule has 1 heterocycles. The number of hydrazine groups is 2. The lowest BCUT2D eigenvalue weighted by Gasteiger charge is -2.29. The Morgan fingerprint density at radius 2 is 1.56 bits per heavy atom. The third-order valence-electron chi connectivity index (χ3n) is 4.93. The highest BCUT2D eigenvalue weighted by molar-refractivity contribution is 7.86. The number of anilines is 2. The average molecular weight is 484 g/mol. The Morgan fingerprint density at radius 3 is 2.15 bits per heavy atom. The predicted octanol–water partition coefficient (Wildman–Crippen LogP) is 3.17. The molecular weight excluding hydrogens is 468 g/mol. The van der Waals surface area contributed by atoms with Gasteiger partial charge in [0, 0.05) is 29.8 Å². The van der Waals surface area contributed by atoms with Crippen molar-refractivity contribution in [2.45, 2.75) is 11.8 Å². The monoisotopic (exact) mass is 484 g/mol.